The number of nitrogens with zero attached hydrogens (tertiary/aromatic N) is 1. The van der Waals surface area contributed by atoms with Crippen molar-refractivity contribution >= 4 is 17.5 Å². The molecule has 0 aromatic heterocycles. The molecule has 3 fully saturated rings. The van der Waals surface area contributed by atoms with Gasteiger partial charge in [0.2, 0.25) is 5.91 Å². The van der Waals surface area contributed by atoms with Crippen LogP contribution in [-0.4, -0.2) is 69.6 Å². The molecular weight excluding hydrogens is 432 g/mol. The molecule has 8 heteroatoms. The second-order valence-corrected chi connectivity index (χ2v) is 9.52. The van der Waals surface area contributed by atoms with Gasteiger partial charge in [-0.1, -0.05) is 17.7 Å². The van der Waals surface area contributed by atoms with Crippen LogP contribution in [-0.2, 0) is 20.8 Å². The van der Waals surface area contributed by atoms with Crippen molar-refractivity contribution < 1.29 is 23.7 Å². The summed E-state index contributed by atoms with van der Waals surface area (Å²) in [5.41, 5.74) is 0.993. The Kier molecular flexibility index (Phi) is 7.82. The first-order chi connectivity index (χ1) is 15.5. The fourth-order valence-electron chi connectivity index (χ4n) is 5.14. The number of piperidine rings is 1. The van der Waals surface area contributed by atoms with Crippen molar-refractivity contribution in [2.75, 3.05) is 47.1 Å². The van der Waals surface area contributed by atoms with Crippen molar-refractivity contribution in [3.8, 4) is 11.5 Å². The number of methoxy groups -OCH3 is 2. The number of ether oxygens (including phenoxy) is 4. The van der Waals surface area contributed by atoms with Crippen LogP contribution in [0, 0.1) is 5.92 Å². The number of carbonyl (C=O) groups excluding carboxylic acids is 1. The molecule has 1 N–H and O–H groups in total. The maximum Gasteiger partial charge on any atom is 0.223 e. The molecule has 3 heterocycles. The molecule has 1 atom stereocenters. The molecule has 4 rings (SSSR count). The predicted octanol–water partition coefficient (Wildman–Crippen LogP) is 3.41. The van der Waals surface area contributed by atoms with Gasteiger partial charge in [0, 0.05) is 45.3 Å². The normalized spacial score (nSPS) is 23.9. The number of benzene rings is 1. The van der Waals surface area contributed by atoms with Crippen LogP contribution in [0.1, 0.15) is 44.1 Å². The quantitative estimate of drug-likeness (QED) is 0.664. The molecule has 3 saturated heterocycles. The van der Waals surface area contributed by atoms with Gasteiger partial charge in [-0.25, -0.2) is 0 Å². The number of halogens is 1. The molecular formula is C24H35ClN2O5. The van der Waals surface area contributed by atoms with Gasteiger partial charge in [0.05, 0.1) is 30.9 Å². The summed E-state index contributed by atoms with van der Waals surface area (Å²) in [7, 11) is 3.22. The third-order valence-electron chi connectivity index (χ3n) is 7.16. The summed E-state index contributed by atoms with van der Waals surface area (Å²) in [5, 5.41) is 3.73. The van der Waals surface area contributed by atoms with Gasteiger partial charge in [0.15, 0.2) is 11.5 Å². The lowest BCUT2D eigenvalue weighted by Crippen LogP contribution is -2.45. The van der Waals surface area contributed by atoms with Crippen LogP contribution >= 0.6 is 11.6 Å². The minimum Gasteiger partial charge on any atom is -0.493 e. The minimum absolute atomic E-state index is 0.0496. The molecule has 0 bridgehead atoms. The Bertz CT molecular complexity index is 791. The first-order valence-electron chi connectivity index (χ1n) is 11.7. The van der Waals surface area contributed by atoms with Crippen molar-refractivity contribution in [1.82, 2.24) is 10.2 Å². The first kappa shape index (κ1) is 23.6. The number of carbonyl (C=O) groups is 1. The van der Waals surface area contributed by atoms with Crippen LogP contribution in [0.15, 0.2) is 12.1 Å². The summed E-state index contributed by atoms with van der Waals surface area (Å²) in [4.78, 5) is 14.8. The summed E-state index contributed by atoms with van der Waals surface area (Å²) in [6, 6.07) is 3.92. The Hall–Kier alpha value is -1.54. The van der Waals surface area contributed by atoms with E-state index in [0.29, 0.717) is 36.3 Å². The van der Waals surface area contributed by atoms with Gasteiger partial charge in [-0.2, -0.15) is 0 Å². The van der Waals surface area contributed by atoms with E-state index in [1.807, 2.05) is 12.1 Å². The molecule has 1 aromatic carbocycles. The highest BCUT2D eigenvalue weighted by molar-refractivity contribution is 6.33. The van der Waals surface area contributed by atoms with Crippen LogP contribution < -0.4 is 14.8 Å². The van der Waals surface area contributed by atoms with Crippen LogP contribution in [0.4, 0.5) is 0 Å². The Labute approximate surface area is 195 Å². The van der Waals surface area contributed by atoms with E-state index in [0.717, 1.165) is 63.7 Å². The fraction of sp³-hybridized carbons (Fsp3) is 0.708. The van der Waals surface area contributed by atoms with Crippen LogP contribution in [0.3, 0.4) is 0 Å². The van der Waals surface area contributed by atoms with Crippen molar-refractivity contribution in [3.05, 3.63) is 22.7 Å². The predicted molar refractivity (Wildman–Crippen MR) is 122 cm³/mol. The fourth-order valence-corrected chi connectivity index (χ4v) is 5.43. The molecule has 1 aromatic rings. The van der Waals surface area contributed by atoms with E-state index in [1.165, 1.54) is 0 Å². The van der Waals surface area contributed by atoms with Crippen LogP contribution in [0.5, 0.6) is 11.5 Å². The monoisotopic (exact) mass is 466 g/mol. The third-order valence-corrected chi connectivity index (χ3v) is 7.58. The Morgan fingerprint density at radius 2 is 1.91 bits per heavy atom. The summed E-state index contributed by atoms with van der Waals surface area (Å²) in [6.45, 7) is 4.69. The summed E-state index contributed by atoms with van der Waals surface area (Å²) in [6.07, 6.45) is 5.84. The Morgan fingerprint density at radius 1 is 1.16 bits per heavy atom. The average Bonchev–Trinajstić information content (AvgIpc) is 3.23. The van der Waals surface area contributed by atoms with Crippen molar-refractivity contribution in [2.45, 2.75) is 56.8 Å². The molecule has 1 amide bonds. The molecule has 1 unspecified atom stereocenters. The zero-order valence-electron chi connectivity index (χ0n) is 19.2. The third kappa shape index (κ3) is 5.33. The number of rotatable bonds is 7. The smallest absolute Gasteiger partial charge is 0.223 e. The molecule has 0 radical (unpaired) electrons. The summed E-state index contributed by atoms with van der Waals surface area (Å²) >= 11 is 6.57. The van der Waals surface area contributed by atoms with Gasteiger partial charge in [-0.3, -0.25) is 9.69 Å². The van der Waals surface area contributed by atoms with E-state index in [9.17, 15) is 4.79 Å². The topological polar surface area (TPSA) is 69.3 Å². The van der Waals surface area contributed by atoms with Crippen LogP contribution in [0.2, 0.25) is 5.02 Å². The van der Waals surface area contributed by atoms with Crippen molar-refractivity contribution in [2.24, 2.45) is 5.92 Å². The molecule has 3 aliphatic heterocycles. The van der Waals surface area contributed by atoms with Gasteiger partial charge < -0.3 is 24.3 Å². The van der Waals surface area contributed by atoms with Gasteiger partial charge in [0.1, 0.15) is 0 Å². The number of nitrogens with one attached hydrogen (secondary N) is 1. The standard InChI is InChI=1S/C24H35ClN2O5/c1-29-20-4-3-18(21(25)22(20)30-2)16-27-11-9-24(10-12-27)8-5-19(32-24)15-26-23(28)17-6-13-31-14-7-17/h3-4,17,19H,5-16H2,1-2H3,(H,26,28). The van der Waals surface area contributed by atoms with Gasteiger partial charge >= 0.3 is 0 Å². The second kappa shape index (κ2) is 10.6. The largest absolute Gasteiger partial charge is 0.493 e. The molecule has 1 spiro atoms. The van der Waals surface area contributed by atoms with E-state index in [2.05, 4.69) is 10.2 Å². The van der Waals surface area contributed by atoms with E-state index < -0.39 is 0 Å². The molecule has 3 aliphatic rings. The Balaban J connectivity index is 1.24. The highest BCUT2D eigenvalue weighted by Crippen LogP contribution is 2.41. The number of hydrogen-bond acceptors (Lipinski definition) is 6. The number of hydrogen-bond donors (Lipinski definition) is 1. The number of amides is 1. The lowest BCUT2D eigenvalue weighted by atomic mass is 9.88. The van der Waals surface area contributed by atoms with E-state index in [1.54, 1.807) is 14.2 Å². The zero-order valence-corrected chi connectivity index (χ0v) is 19.9. The Morgan fingerprint density at radius 3 is 2.59 bits per heavy atom. The molecule has 0 saturated carbocycles. The summed E-state index contributed by atoms with van der Waals surface area (Å²) < 4.78 is 22.6. The van der Waals surface area contributed by atoms with Gasteiger partial charge in [0.25, 0.3) is 0 Å². The maximum atomic E-state index is 12.4. The minimum atomic E-state index is -0.0496. The molecule has 7 nitrogen and oxygen atoms in total. The van der Waals surface area contributed by atoms with Gasteiger partial charge in [-0.15, -0.1) is 0 Å². The highest BCUT2D eigenvalue weighted by Gasteiger charge is 2.42. The SMILES string of the molecule is COc1ccc(CN2CCC3(CCC(CNC(=O)C4CCOCC4)O3)CC2)c(Cl)c1OC. The van der Waals surface area contributed by atoms with E-state index in [-0.39, 0.29) is 23.5 Å². The average molecular weight is 467 g/mol. The second-order valence-electron chi connectivity index (χ2n) is 9.14. The lowest BCUT2D eigenvalue weighted by Gasteiger charge is -2.39. The van der Waals surface area contributed by atoms with Crippen molar-refractivity contribution in [1.29, 1.82) is 0 Å². The highest BCUT2D eigenvalue weighted by atomic mass is 35.5. The molecule has 32 heavy (non-hydrogen) atoms. The van der Waals surface area contributed by atoms with Crippen LogP contribution in [0.25, 0.3) is 0 Å². The molecule has 178 valence electrons. The molecule has 0 aliphatic carbocycles. The first-order valence-corrected chi connectivity index (χ1v) is 12.1. The lowest BCUT2D eigenvalue weighted by molar-refractivity contribution is -0.129. The van der Waals surface area contributed by atoms with E-state index in [4.69, 9.17) is 30.5 Å². The maximum absolute atomic E-state index is 12.4. The zero-order chi connectivity index (χ0) is 22.6. The summed E-state index contributed by atoms with van der Waals surface area (Å²) in [5.74, 6) is 1.48. The number of likely N-dealkylation sites (tertiary alicyclic amines) is 1. The van der Waals surface area contributed by atoms with Crippen molar-refractivity contribution in [3.63, 3.8) is 0 Å². The van der Waals surface area contributed by atoms with Gasteiger partial charge in [-0.05, 0) is 50.2 Å². The van der Waals surface area contributed by atoms with E-state index >= 15 is 0 Å².